The number of hydrogen-bond acceptors (Lipinski definition) is 4. The van der Waals surface area contributed by atoms with E-state index in [1.807, 2.05) is 13.2 Å². The summed E-state index contributed by atoms with van der Waals surface area (Å²) < 4.78 is 17.0. The fourth-order valence-electron chi connectivity index (χ4n) is 4.38. The molecule has 4 rings (SSSR count). The van der Waals surface area contributed by atoms with Gasteiger partial charge in [-0.1, -0.05) is 12.5 Å². The highest BCUT2D eigenvalue weighted by Gasteiger charge is 2.40. The van der Waals surface area contributed by atoms with Crippen LogP contribution >= 0.6 is 0 Å². The topological polar surface area (TPSA) is 30.9 Å². The lowest BCUT2D eigenvalue weighted by atomic mass is 9.79. The highest BCUT2D eigenvalue weighted by molar-refractivity contribution is 5.43. The van der Waals surface area contributed by atoms with Gasteiger partial charge in [-0.25, -0.2) is 0 Å². The first-order chi connectivity index (χ1) is 10.8. The van der Waals surface area contributed by atoms with E-state index in [2.05, 4.69) is 17.0 Å². The maximum Gasteiger partial charge on any atom is 0.161 e. The van der Waals surface area contributed by atoms with Crippen LogP contribution in [0.4, 0.5) is 0 Å². The van der Waals surface area contributed by atoms with E-state index in [1.54, 1.807) is 0 Å². The summed E-state index contributed by atoms with van der Waals surface area (Å²) in [5.41, 5.74) is 1.32. The molecule has 2 heterocycles. The van der Waals surface area contributed by atoms with Crippen molar-refractivity contribution in [1.29, 1.82) is 0 Å². The van der Waals surface area contributed by atoms with Gasteiger partial charge < -0.3 is 14.2 Å². The highest BCUT2D eigenvalue weighted by Crippen LogP contribution is 2.38. The van der Waals surface area contributed by atoms with Gasteiger partial charge >= 0.3 is 0 Å². The van der Waals surface area contributed by atoms with Gasteiger partial charge in [0, 0.05) is 32.7 Å². The van der Waals surface area contributed by atoms with Gasteiger partial charge in [-0.05, 0) is 36.5 Å². The second-order valence-corrected chi connectivity index (χ2v) is 6.80. The molecule has 120 valence electrons. The Hall–Kier alpha value is -1.26. The summed E-state index contributed by atoms with van der Waals surface area (Å²) in [5.74, 6) is 3.31. The summed E-state index contributed by atoms with van der Waals surface area (Å²) in [7, 11) is 1.87. The molecule has 4 heteroatoms. The minimum atomic E-state index is 0.462. The van der Waals surface area contributed by atoms with Gasteiger partial charge in [0.2, 0.25) is 0 Å². The minimum absolute atomic E-state index is 0.462. The average Bonchev–Trinajstić information content (AvgIpc) is 2.97. The van der Waals surface area contributed by atoms with E-state index in [-0.39, 0.29) is 0 Å². The van der Waals surface area contributed by atoms with Crippen LogP contribution in [0.3, 0.4) is 0 Å². The molecule has 0 spiro atoms. The third kappa shape index (κ3) is 2.70. The Morgan fingerprint density at radius 1 is 1.14 bits per heavy atom. The Labute approximate surface area is 132 Å². The summed E-state index contributed by atoms with van der Waals surface area (Å²) in [4.78, 5) is 2.58. The molecule has 0 radical (unpaired) electrons. The Balaban J connectivity index is 1.44. The summed E-state index contributed by atoms with van der Waals surface area (Å²) in [6, 6.07) is 6.36. The number of nitrogens with zero attached hydrogens (tertiary/aromatic N) is 1. The number of benzene rings is 1. The fourth-order valence-corrected chi connectivity index (χ4v) is 4.38. The van der Waals surface area contributed by atoms with Crippen LogP contribution in [-0.4, -0.2) is 44.4 Å². The van der Waals surface area contributed by atoms with Crippen LogP contribution in [0.1, 0.15) is 24.8 Å². The smallest absolute Gasteiger partial charge is 0.161 e. The molecule has 0 unspecified atom stereocenters. The standard InChI is InChI=1S/C18H25NO3/c1-20-16-4-2-3-14-11-19(12-15(14)16)10-13-5-6-17-18(9-13)22-8-7-21-17/h5-6,9,14-16H,2-4,7-8,10-12H2,1H3/t14-,15+,16-/m1/s1. The molecule has 0 bridgehead atoms. The van der Waals surface area contributed by atoms with Gasteiger partial charge in [0.05, 0.1) is 6.10 Å². The zero-order chi connectivity index (χ0) is 14.9. The van der Waals surface area contributed by atoms with Gasteiger partial charge in [-0.3, -0.25) is 4.90 Å². The molecular formula is C18H25NO3. The first kappa shape index (κ1) is 14.3. The van der Waals surface area contributed by atoms with Crippen molar-refractivity contribution in [3.63, 3.8) is 0 Å². The second-order valence-electron chi connectivity index (χ2n) is 6.80. The van der Waals surface area contributed by atoms with E-state index in [4.69, 9.17) is 14.2 Å². The van der Waals surface area contributed by atoms with Crippen molar-refractivity contribution in [2.75, 3.05) is 33.4 Å². The zero-order valence-electron chi connectivity index (χ0n) is 13.3. The van der Waals surface area contributed by atoms with E-state index in [0.717, 1.165) is 36.4 Å². The first-order valence-electron chi connectivity index (χ1n) is 8.47. The van der Waals surface area contributed by atoms with Crippen molar-refractivity contribution in [1.82, 2.24) is 4.90 Å². The molecule has 0 aromatic heterocycles. The SMILES string of the molecule is CO[C@@H]1CCC[C@@H]2CN(Cc3ccc4c(c3)OCCO4)C[C@@H]21. The van der Waals surface area contributed by atoms with E-state index >= 15 is 0 Å². The number of methoxy groups -OCH3 is 1. The molecule has 1 saturated heterocycles. The quantitative estimate of drug-likeness (QED) is 0.859. The molecule has 2 aliphatic heterocycles. The van der Waals surface area contributed by atoms with Crippen LogP contribution in [-0.2, 0) is 11.3 Å². The monoisotopic (exact) mass is 303 g/mol. The maximum absolute atomic E-state index is 5.71. The van der Waals surface area contributed by atoms with Crippen LogP contribution in [0.15, 0.2) is 18.2 Å². The average molecular weight is 303 g/mol. The van der Waals surface area contributed by atoms with Gasteiger partial charge in [-0.15, -0.1) is 0 Å². The Bertz CT molecular complexity index is 533. The molecule has 2 fully saturated rings. The summed E-state index contributed by atoms with van der Waals surface area (Å²) in [5, 5.41) is 0. The Morgan fingerprint density at radius 2 is 2.00 bits per heavy atom. The Morgan fingerprint density at radius 3 is 2.86 bits per heavy atom. The molecule has 0 N–H and O–H groups in total. The van der Waals surface area contributed by atoms with E-state index in [0.29, 0.717) is 19.3 Å². The summed E-state index contributed by atoms with van der Waals surface area (Å²) >= 11 is 0. The van der Waals surface area contributed by atoms with Gasteiger partial charge in [0.15, 0.2) is 11.5 Å². The summed E-state index contributed by atoms with van der Waals surface area (Å²) in [6.45, 7) is 4.68. The van der Waals surface area contributed by atoms with Crippen molar-refractivity contribution >= 4 is 0 Å². The van der Waals surface area contributed by atoms with Crippen molar-refractivity contribution in [3.05, 3.63) is 23.8 Å². The van der Waals surface area contributed by atoms with Crippen LogP contribution in [0.25, 0.3) is 0 Å². The molecule has 1 aromatic carbocycles. The van der Waals surface area contributed by atoms with E-state index in [9.17, 15) is 0 Å². The molecule has 4 nitrogen and oxygen atoms in total. The van der Waals surface area contributed by atoms with Crippen molar-refractivity contribution < 1.29 is 14.2 Å². The second kappa shape index (κ2) is 6.09. The molecule has 22 heavy (non-hydrogen) atoms. The molecular weight excluding hydrogens is 278 g/mol. The first-order valence-corrected chi connectivity index (χ1v) is 8.47. The predicted octanol–water partition coefficient (Wildman–Crippen LogP) is 2.70. The highest BCUT2D eigenvalue weighted by atomic mass is 16.6. The van der Waals surface area contributed by atoms with Crippen molar-refractivity contribution in [2.45, 2.75) is 31.9 Å². The lowest BCUT2D eigenvalue weighted by Crippen LogP contribution is -2.33. The number of ether oxygens (including phenoxy) is 3. The largest absolute Gasteiger partial charge is 0.486 e. The molecule has 1 aliphatic carbocycles. The lowest BCUT2D eigenvalue weighted by molar-refractivity contribution is 0.0125. The van der Waals surface area contributed by atoms with E-state index < -0.39 is 0 Å². The summed E-state index contributed by atoms with van der Waals surface area (Å²) in [6.07, 6.45) is 4.37. The van der Waals surface area contributed by atoms with E-state index in [1.165, 1.54) is 31.4 Å². The van der Waals surface area contributed by atoms with Crippen LogP contribution < -0.4 is 9.47 Å². The molecule has 3 aliphatic rings. The zero-order valence-corrected chi connectivity index (χ0v) is 13.3. The molecule has 0 amide bonds. The minimum Gasteiger partial charge on any atom is -0.486 e. The van der Waals surface area contributed by atoms with Crippen molar-refractivity contribution in [3.8, 4) is 11.5 Å². The third-order valence-corrected chi connectivity index (χ3v) is 5.42. The number of rotatable bonds is 3. The molecule has 3 atom stereocenters. The predicted molar refractivity (Wildman–Crippen MR) is 84.3 cm³/mol. The number of hydrogen-bond donors (Lipinski definition) is 0. The van der Waals surface area contributed by atoms with Crippen LogP contribution in [0, 0.1) is 11.8 Å². The molecule has 1 saturated carbocycles. The number of fused-ring (bicyclic) bond motifs is 2. The van der Waals surface area contributed by atoms with Gasteiger partial charge in [0.1, 0.15) is 13.2 Å². The molecule has 1 aromatic rings. The van der Waals surface area contributed by atoms with Crippen LogP contribution in [0.5, 0.6) is 11.5 Å². The lowest BCUT2D eigenvalue weighted by Gasteiger charge is -2.31. The van der Waals surface area contributed by atoms with Crippen LogP contribution in [0.2, 0.25) is 0 Å². The van der Waals surface area contributed by atoms with Crippen molar-refractivity contribution in [2.24, 2.45) is 11.8 Å². The van der Waals surface area contributed by atoms with Gasteiger partial charge in [0.25, 0.3) is 0 Å². The fraction of sp³-hybridized carbons (Fsp3) is 0.667. The maximum atomic E-state index is 5.71. The third-order valence-electron chi connectivity index (χ3n) is 5.42. The Kier molecular flexibility index (Phi) is 3.97. The number of likely N-dealkylation sites (tertiary alicyclic amines) is 1. The van der Waals surface area contributed by atoms with Gasteiger partial charge in [-0.2, -0.15) is 0 Å². The normalized spacial score (nSPS) is 31.0.